The molecule has 2 N–H and O–H groups in total. The summed E-state index contributed by atoms with van der Waals surface area (Å²) < 4.78 is 5.31. The van der Waals surface area contributed by atoms with Crippen LogP contribution in [0.4, 0.5) is 5.82 Å². The predicted molar refractivity (Wildman–Crippen MR) is 131 cm³/mol. The van der Waals surface area contributed by atoms with E-state index in [1.165, 1.54) is 5.56 Å². The van der Waals surface area contributed by atoms with Gasteiger partial charge in [-0.3, -0.25) is 4.79 Å². The van der Waals surface area contributed by atoms with Gasteiger partial charge >= 0.3 is 0 Å². The third-order valence-electron chi connectivity index (χ3n) is 6.42. The van der Waals surface area contributed by atoms with Gasteiger partial charge in [-0.25, -0.2) is 15.0 Å². The Morgan fingerprint density at radius 1 is 1.12 bits per heavy atom. The van der Waals surface area contributed by atoms with Crippen molar-refractivity contribution in [2.45, 2.75) is 32.4 Å². The van der Waals surface area contributed by atoms with Crippen molar-refractivity contribution in [1.82, 2.24) is 19.9 Å². The van der Waals surface area contributed by atoms with Crippen LogP contribution in [0.1, 0.15) is 51.8 Å². The van der Waals surface area contributed by atoms with Gasteiger partial charge in [-0.1, -0.05) is 24.3 Å². The van der Waals surface area contributed by atoms with E-state index >= 15 is 0 Å². The lowest BCUT2D eigenvalue weighted by Gasteiger charge is -2.29. The van der Waals surface area contributed by atoms with Gasteiger partial charge in [0.05, 0.1) is 24.8 Å². The van der Waals surface area contributed by atoms with E-state index in [2.05, 4.69) is 39.2 Å². The molecule has 1 saturated heterocycles. The van der Waals surface area contributed by atoms with Gasteiger partial charge in [0.15, 0.2) is 0 Å². The molecule has 2 aromatic heterocycles. The van der Waals surface area contributed by atoms with E-state index in [1.807, 2.05) is 36.9 Å². The van der Waals surface area contributed by atoms with E-state index in [0.29, 0.717) is 29.7 Å². The molecule has 0 spiro atoms. The first kappa shape index (κ1) is 22.0. The summed E-state index contributed by atoms with van der Waals surface area (Å²) in [6, 6.07) is 17.4. The highest BCUT2D eigenvalue weighted by molar-refractivity contribution is 5.98. The van der Waals surface area contributed by atoms with Gasteiger partial charge in [0.1, 0.15) is 11.6 Å². The normalized spacial score (nSPS) is 14.5. The number of amides is 1. The number of fused-ring (bicyclic) bond motifs is 1. The highest BCUT2D eigenvalue weighted by Gasteiger charge is 2.26. The second-order valence-electron chi connectivity index (χ2n) is 8.79. The summed E-state index contributed by atoms with van der Waals surface area (Å²) in [5.41, 5.74) is 10.5. The van der Waals surface area contributed by atoms with Crippen molar-refractivity contribution >= 4 is 22.6 Å². The number of hydrogen-bond acceptors (Lipinski definition) is 6. The standard InChI is InChI=1S/C27H27N5O2/c1-17-12-22-13-21(8-9-24(22)31-25(17)28)27(33)32(18(2)26-29-10-3-11-30-26)14-19-4-6-20(7-5-19)23-15-34-16-23/h3-13,18,23H,14-16H2,1-2H3,(H2,28,31)/t18-/m1/s1. The fourth-order valence-electron chi connectivity index (χ4n) is 4.17. The lowest BCUT2D eigenvalue weighted by atomic mass is 9.96. The molecule has 1 aliphatic rings. The minimum Gasteiger partial charge on any atom is -0.383 e. The maximum Gasteiger partial charge on any atom is 0.254 e. The van der Waals surface area contributed by atoms with Gasteiger partial charge in [0.2, 0.25) is 0 Å². The average molecular weight is 454 g/mol. The number of nitrogens with two attached hydrogens (primary N) is 1. The van der Waals surface area contributed by atoms with Crippen molar-refractivity contribution in [3.05, 3.63) is 95.1 Å². The molecule has 1 fully saturated rings. The minimum absolute atomic E-state index is 0.0900. The van der Waals surface area contributed by atoms with Crippen LogP contribution in [0.3, 0.4) is 0 Å². The zero-order valence-corrected chi connectivity index (χ0v) is 19.3. The molecule has 5 rings (SSSR count). The number of aromatic nitrogens is 3. The van der Waals surface area contributed by atoms with Gasteiger partial charge in [-0.15, -0.1) is 0 Å². The summed E-state index contributed by atoms with van der Waals surface area (Å²) in [5.74, 6) is 1.48. The number of carbonyl (C=O) groups is 1. The number of pyridine rings is 1. The van der Waals surface area contributed by atoms with Gasteiger partial charge in [0, 0.05) is 35.8 Å². The van der Waals surface area contributed by atoms with Crippen LogP contribution in [0.25, 0.3) is 10.9 Å². The highest BCUT2D eigenvalue weighted by atomic mass is 16.5. The Kier molecular flexibility index (Phi) is 5.94. The number of anilines is 1. The average Bonchev–Trinajstić information content (AvgIpc) is 2.82. The van der Waals surface area contributed by atoms with Crippen LogP contribution in [0.15, 0.2) is 67.0 Å². The Morgan fingerprint density at radius 3 is 2.53 bits per heavy atom. The Hall–Kier alpha value is -3.84. The topological polar surface area (TPSA) is 94.2 Å². The quantitative estimate of drug-likeness (QED) is 0.464. The number of nitrogen functional groups attached to an aromatic ring is 1. The third-order valence-corrected chi connectivity index (χ3v) is 6.42. The number of benzene rings is 2. The molecule has 3 heterocycles. The molecule has 0 saturated carbocycles. The van der Waals surface area contributed by atoms with Gasteiger partial charge in [-0.05, 0) is 60.9 Å². The lowest BCUT2D eigenvalue weighted by molar-refractivity contribution is 0.00841. The summed E-state index contributed by atoms with van der Waals surface area (Å²) in [4.78, 5) is 28.8. The fourth-order valence-corrected chi connectivity index (χ4v) is 4.17. The van der Waals surface area contributed by atoms with Crippen LogP contribution in [0.2, 0.25) is 0 Å². The number of hydrogen-bond donors (Lipinski definition) is 1. The Bertz CT molecular complexity index is 1320. The molecule has 7 heteroatoms. The zero-order valence-electron chi connectivity index (χ0n) is 19.3. The molecule has 1 atom stereocenters. The summed E-state index contributed by atoms with van der Waals surface area (Å²) in [6.45, 7) is 5.86. The van der Waals surface area contributed by atoms with Crippen molar-refractivity contribution in [1.29, 1.82) is 0 Å². The summed E-state index contributed by atoms with van der Waals surface area (Å²) in [5, 5.41) is 0.883. The number of carbonyl (C=O) groups excluding carboxylic acids is 1. The van der Waals surface area contributed by atoms with Crippen molar-refractivity contribution in [3.63, 3.8) is 0 Å². The second kappa shape index (κ2) is 9.19. The van der Waals surface area contributed by atoms with Crippen LogP contribution in [0.5, 0.6) is 0 Å². The van der Waals surface area contributed by atoms with Crippen molar-refractivity contribution < 1.29 is 9.53 Å². The van der Waals surface area contributed by atoms with E-state index in [1.54, 1.807) is 24.5 Å². The first-order valence-electron chi connectivity index (χ1n) is 11.4. The molecule has 0 radical (unpaired) electrons. The van der Waals surface area contributed by atoms with Crippen molar-refractivity contribution in [3.8, 4) is 0 Å². The molecule has 2 aromatic carbocycles. The SMILES string of the molecule is Cc1cc2cc(C(=O)N(Cc3ccc(C4COC4)cc3)[C@H](C)c3ncccn3)ccc2nc1N. The smallest absolute Gasteiger partial charge is 0.254 e. The number of ether oxygens (including phenoxy) is 1. The molecule has 172 valence electrons. The molecule has 0 unspecified atom stereocenters. The predicted octanol–water partition coefficient (Wildman–Crippen LogP) is 4.43. The second-order valence-corrected chi connectivity index (χ2v) is 8.79. The van der Waals surface area contributed by atoms with Gasteiger partial charge in [0.25, 0.3) is 5.91 Å². The third kappa shape index (κ3) is 4.34. The first-order chi connectivity index (χ1) is 16.5. The van der Waals surface area contributed by atoms with Crippen LogP contribution >= 0.6 is 0 Å². The molecule has 1 amide bonds. The Balaban J connectivity index is 1.47. The number of aryl methyl sites for hydroxylation is 1. The Labute approximate surface area is 198 Å². The monoisotopic (exact) mass is 453 g/mol. The maximum atomic E-state index is 13.8. The van der Waals surface area contributed by atoms with Crippen LogP contribution in [-0.2, 0) is 11.3 Å². The largest absolute Gasteiger partial charge is 0.383 e. The molecular formula is C27H27N5O2. The zero-order chi connectivity index (χ0) is 23.7. The molecule has 1 aliphatic heterocycles. The molecule has 0 bridgehead atoms. The summed E-state index contributed by atoms with van der Waals surface area (Å²) >= 11 is 0. The van der Waals surface area contributed by atoms with Gasteiger partial charge in [-0.2, -0.15) is 0 Å². The highest BCUT2D eigenvalue weighted by Crippen LogP contribution is 2.27. The number of nitrogens with zero attached hydrogens (tertiary/aromatic N) is 4. The van der Waals surface area contributed by atoms with Crippen molar-refractivity contribution in [2.75, 3.05) is 18.9 Å². The molecule has 4 aromatic rings. The Morgan fingerprint density at radius 2 is 1.85 bits per heavy atom. The van der Waals surface area contributed by atoms with E-state index in [9.17, 15) is 4.79 Å². The van der Waals surface area contributed by atoms with Crippen LogP contribution < -0.4 is 5.73 Å². The number of rotatable bonds is 6. The van der Waals surface area contributed by atoms with E-state index in [-0.39, 0.29) is 11.9 Å². The molecule has 0 aliphatic carbocycles. The first-order valence-corrected chi connectivity index (χ1v) is 11.4. The van der Waals surface area contributed by atoms with Crippen LogP contribution in [0, 0.1) is 6.92 Å². The summed E-state index contributed by atoms with van der Waals surface area (Å²) in [6.07, 6.45) is 3.40. The maximum absolute atomic E-state index is 13.8. The van der Waals surface area contributed by atoms with E-state index in [0.717, 1.165) is 35.2 Å². The fraction of sp³-hybridized carbons (Fsp3) is 0.259. The molecule has 34 heavy (non-hydrogen) atoms. The van der Waals surface area contributed by atoms with Gasteiger partial charge < -0.3 is 15.4 Å². The van der Waals surface area contributed by atoms with E-state index in [4.69, 9.17) is 10.5 Å². The lowest BCUT2D eigenvalue weighted by Crippen LogP contribution is -2.34. The summed E-state index contributed by atoms with van der Waals surface area (Å²) in [7, 11) is 0. The van der Waals surface area contributed by atoms with Crippen molar-refractivity contribution in [2.24, 2.45) is 0 Å². The molecular weight excluding hydrogens is 426 g/mol. The molecule has 7 nitrogen and oxygen atoms in total. The van der Waals surface area contributed by atoms with E-state index < -0.39 is 0 Å². The minimum atomic E-state index is -0.310. The van der Waals surface area contributed by atoms with Crippen LogP contribution in [-0.4, -0.2) is 39.0 Å².